The van der Waals surface area contributed by atoms with Crippen LogP contribution in [-0.4, -0.2) is 43.3 Å². The number of alkyl halides is 1. The molecule has 92 valence electrons. The summed E-state index contributed by atoms with van der Waals surface area (Å²) in [6.07, 6.45) is 1.44. The van der Waals surface area contributed by atoms with Gasteiger partial charge in [0.05, 0.1) is 17.6 Å². The Morgan fingerprint density at radius 3 is 2.88 bits per heavy atom. The second-order valence-electron chi connectivity index (χ2n) is 3.20. The number of sulfonamides is 1. The highest BCUT2D eigenvalue weighted by molar-refractivity contribution is 9.09. The van der Waals surface area contributed by atoms with Gasteiger partial charge >= 0.3 is 0 Å². The third-order valence-corrected chi connectivity index (χ3v) is 3.98. The lowest BCUT2D eigenvalue weighted by atomic mass is 10.5. The van der Waals surface area contributed by atoms with E-state index in [0.29, 0.717) is 6.61 Å². The predicted molar refractivity (Wildman–Crippen MR) is 63.0 cm³/mol. The summed E-state index contributed by atoms with van der Waals surface area (Å²) in [6.45, 7) is 0.704. The molecule has 1 atom stereocenters. The minimum absolute atomic E-state index is 0.0551. The third-order valence-electron chi connectivity index (χ3n) is 1.89. The molecule has 1 rings (SSSR count). The van der Waals surface area contributed by atoms with Crippen LogP contribution in [-0.2, 0) is 21.8 Å². The van der Waals surface area contributed by atoms with Crippen molar-refractivity contribution >= 4 is 26.0 Å². The summed E-state index contributed by atoms with van der Waals surface area (Å²) in [4.78, 5) is -0.0551. The normalized spacial score (nSPS) is 13.9. The van der Waals surface area contributed by atoms with Gasteiger partial charge in [-0.25, -0.2) is 13.1 Å². The van der Waals surface area contributed by atoms with Crippen molar-refractivity contribution in [3.05, 3.63) is 12.3 Å². The monoisotopic (exact) mass is 311 g/mol. The van der Waals surface area contributed by atoms with Gasteiger partial charge in [-0.3, -0.25) is 4.68 Å². The SMILES string of the molecule is COCC(Br)CNS(=O)(=O)c1ccnn1C. The molecule has 0 saturated carbocycles. The molecule has 16 heavy (non-hydrogen) atoms. The van der Waals surface area contributed by atoms with Gasteiger partial charge in [0.1, 0.15) is 0 Å². The zero-order valence-electron chi connectivity index (χ0n) is 9.05. The van der Waals surface area contributed by atoms with E-state index >= 15 is 0 Å². The summed E-state index contributed by atoms with van der Waals surface area (Å²) >= 11 is 3.30. The van der Waals surface area contributed by atoms with Crippen molar-refractivity contribution < 1.29 is 13.2 Å². The molecule has 1 aromatic heterocycles. The van der Waals surface area contributed by atoms with Crippen molar-refractivity contribution in [2.45, 2.75) is 9.85 Å². The van der Waals surface area contributed by atoms with Crippen LogP contribution in [0.15, 0.2) is 17.3 Å². The Hall–Kier alpha value is -0.440. The molecule has 0 radical (unpaired) electrons. The zero-order valence-corrected chi connectivity index (χ0v) is 11.5. The lowest BCUT2D eigenvalue weighted by Gasteiger charge is -2.10. The number of hydrogen-bond donors (Lipinski definition) is 1. The zero-order chi connectivity index (χ0) is 12.2. The molecule has 1 unspecified atom stereocenters. The molecule has 1 N–H and O–H groups in total. The fourth-order valence-corrected chi connectivity index (χ4v) is 2.98. The Labute approximate surface area is 103 Å². The van der Waals surface area contributed by atoms with E-state index in [0.717, 1.165) is 0 Å². The van der Waals surface area contributed by atoms with Gasteiger partial charge < -0.3 is 4.74 Å². The van der Waals surface area contributed by atoms with Gasteiger partial charge in [0.2, 0.25) is 0 Å². The van der Waals surface area contributed by atoms with E-state index in [4.69, 9.17) is 4.74 Å². The summed E-state index contributed by atoms with van der Waals surface area (Å²) in [5, 5.41) is 3.95. The van der Waals surface area contributed by atoms with Crippen LogP contribution in [0.4, 0.5) is 0 Å². The van der Waals surface area contributed by atoms with Crippen LogP contribution < -0.4 is 4.72 Å². The first-order chi connectivity index (χ1) is 7.47. The molecule has 0 fully saturated rings. The number of hydrogen-bond acceptors (Lipinski definition) is 4. The Bertz CT molecular complexity index is 431. The standard InChI is InChI=1S/C8H14BrN3O3S/c1-12-8(3-4-10-12)16(13,14)11-5-7(9)6-15-2/h3-4,7,11H,5-6H2,1-2H3. The van der Waals surface area contributed by atoms with Crippen molar-refractivity contribution in [1.29, 1.82) is 0 Å². The Kier molecular flexibility index (Phi) is 4.90. The van der Waals surface area contributed by atoms with Gasteiger partial charge in [0, 0.05) is 20.7 Å². The highest BCUT2D eigenvalue weighted by Crippen LogP contribution is 2.07. The number of halogens is 1. The quantitative estimate of drug-likeness (QED) is 0.757. The summed E-state index contributed by atoms with van der Waals surface area (Å²) in [5.41, 5.74) is 0. The van der Waals surface area contributed by atoms with Gasteiger partial charge in [-0.1, -0.05) is 15.9 Å². The second-order valence-corrected chi connectivity index (χ2v) is 6.21. The van der Waals surface area contributed by atoms with Crippen LogP contribution in [0.3, 0.4) is 0 Å². The average Bonchev–Trinajstić information content (AvgIpc) is 2.63. The number of methoxy groups -OCH3 is 1. The second kappa shape index (κ2) is 5.76. The van der Waals surface area contributed by atoms with Crippen LogP contribution >= 0.6 is 15.9 Å². The number of nitrogens with one attached hydrogen (secondary N) is 1. The van der Waals surface area contributed by atoms with Crippen LogP contribution in [0, 0.1) is 0 Å². The third kappa shape index (κ3) is 3.55. The minimum atomic E-state index is -3.50. The molecule has 0 aliphatic heterocycles. The van der Waals surface area contributed by atoms with Gasteiger partial charge in [-0.2, -0.15) is 5.10 Å². The number of nitrogens with zero attached hydrogens (tertiary/aromatic N) is 2. The van der Waals surface area contributed by atoms with Gasteiger partial charge in [0.15, 0.2) is 5.03 Å². The van der Waals surface area contributed by atoms with Crippen LogP contribution in [0.25, 0.3) is 0 Å². The molecule has 0 aliphatic rings. The number of ether oxygens (including phenoxy) is 1. The van der Waals surface area contributed by atoms with Crippen LogP contribution in [0.2, 0.25) is 0 Å². The molecule has 1 heterocycles. The van der Waals surface area contributed by atoms with E-state index in [1.165, 1.54) is 16.9 Å². The largest absolute Gasteiger partial charge is 0.383 e. The fraction of sp³-hybridized carbons (Fsp3) is 0.625. The first-order valence-electron chi connectivity index (χ1n) is 4.58. The number of aromatic nitrogens is 2. The van der Waals surface area contributed by atoms with Crippen LogP contribution in [0.5, 0.6) is 0 Å². The topological polar surface area (TPSA) is 73.2 Å². The van der Waals surface area contributed by atoms with E-state index in [2.05, 4.69) is 25.8 Å². The van der Waals surface area contributed by atoms with Crippen molar-refractivity contribution in [2.75, 3.05) is 20.3 Å². The molecule has 0 amide bonds. The van der Waals surface area contributed by atoms with E-state index in [-0.39, 0.29) is 16.4 Å². The van der Waals surface area contributed by atoms with E-state index in [1.54, 1.807) is 14.2 Å². The van der Waals surface area contributed by atoms with Crippen molar-refractivity contribution in [2.24, 2.45) is 7.05 Å². The molecule has 0 saturated heterocycles. The summed E-state index contributed by atoms with van der Waals surface area (Å²) in [7, 11) is -0.358. The fourth-order valence-electron chi connectivity index (χ4n) is 1.14. The lowest BCUT2D eigenvalue weighted by Crippen LogP contribution is -2.32. The molecule has 8 heteroatoms. The highest BCUT2D eigenvalue weighted by Gasteiger charge is 2.18. The first kappa shape index (κ1) is 13.6. The molecular formula is C8H14BrN3O3S. The molecule has 6 nitrogen and oxygen atoms in total. The summed E-state index contributed by atoms with van der Waals surface area (Å²) in [6, 6.07) is 1.45. The molecule has 0 aliphatic carbocycles. The van der Waals surface area contributed by atoms with E-state index in [9.17, 15) is 8.42 Å². The minimum Gasteiger partial charge on any atom is -0.383 e. The maximum atomic E-state index is 11.8. The average molecular weight is 312 g/mol. The molecule has 0 spiro atoms. The van der Waals surface area contributed by atoms with E-state index < -0.39 is 10.0 Å². The Balaban J connectivity index is 2.63. The summed E-state index contributed by atoms with van der Waals surface area (Å²) < 4.78 is 32.2. The van der Waals surface area contributed by atoms with Gasteiger partial charge in [-0.05, 0) is 6.07 Å². The lowest BCUT2D eigenvalue weighted by molar-refractivity contribution is 0.201. The van der Waals surface area contributed by atoms with E-state index in [1.807, 2.05) is 0 Å². The summed E-state index contributed by atoms with van der Waals surface area (Å²) in [5.74, 6) is 0. The van der Waals surface area contributed by atoms with Gasteiger partial charge in [0.25, 0.3) is 10.0 Å². The Morgan fingerprint density at radius 1 is 1.69 bits per heavy atom. The van der Waals surface area contributed by atoms with Gasteiger partial charge in [-0.15, -0.1) is 0 Å². The number of rotatable bonds is 6. The van der Waals surface area contributed by atoms with Crippen molar-refractivity contribution in [3.63, 3.8) is 0 Å². The van der Waals surface area contributed by atoms with Crippen molar-refractivity contribution in [1.82, 2.24) is 14.5 Å². The van der Waals surface area contributed by atoms with Crippen molar-refractivity contribution in [3.8, 4) is 0 Å². The highest BCUT2D eigenvalue weighted by atomic mass is 79.9. The number of aryl methyl sites for hydroxylation is 1. The first-order valence-corrected chi connectivity index (χ1v) is 6.98. The molecule has 0 bridgehead atoms. The maximum absolute atomic E-state index is 11.8. The maximum Gasteiger partial charge on any atom is 0.257 e. The molecule has 1 aromatic rings. The predicted octanol–water partition coefficient (Wildman–Crippen LogP) is 0.108. The van der Waals surface area contributed by atoms with Crippen LogP contribution in [0.1, 0.15) is 0 Å². The Morgan fingerprint density at radius 2 is 2.38 bits per heavy atom. The smallest absolute Gasteiger partial charge is 0.257 e. The molecular weight excluding hydrogens is 298 g/mol. The molecule has 0 aromatic carbocycles.